The molecule has 6 heteroatoms. The van der Waals surface area contributed by atoms with E-state index in [4.69, 9.17) is 10.7 Å². The lowest BCUT2D eigenvalue weighted by molar-refractivity contribution is 0.186. The minimum atomic E-state index is 0.242. The molecule has 1 fully saturated rings. The van der Waals surface area contributed by atoms with Gasteiger partial charge < -0.3 is 20.3 Å². The van der Waals surface area contributed by atoms with Crippen molar-refractivity contribution < 1.29 is 5.11 Å². The molecule has 3 heterocycles. The quantitative estimate of drug-likeness (QED) is 0.673. The number of hydrogen-bond donors (Lipinski definition) is 2. The molecule has 0 spiro atoms. The maximum Gasteiger partial charge on any atom is 0.138 e. The van der Waals surface area contributed by atoms with Crippen LogP contribution in [-0.4, -0.2) is 50.7 Å². The highest BCUT2D eigenvalue weighted by molar-refractivity contribution is 5.79. The van der Waals surface area contributed by atoms with Gasteiger partial charge in [0.2, 0.25) is 0 Å². The smallest absolute Gasteiger partial charge is 0.138 e. The molecule has 1 aliphatic heterocycles. The van der Waals surface area contributed by atoms with Crippen molar-refractivity contribution in [3.05, 3.63) is 53.1 Å². The van der Waals surface area contributed by atoms with Gasteiger partial charge in [-0.2, -0.15) is 0 Å². The summed E-state index contributed by atoms with van der Waals surface area (Å²) in [5, 5.41) is 10.3. The number of likely N-dealkylation sites (tertiary alicyclic amines) is 1. The Kier molecular flexibility index (Phi) is 5.83. The van der Waals surface area contributed by atoms with Gasteiger partial charge in [-0.25, -0.2) is 4.98 Å². The van der Waals surface area contributed by atoms with Crippen LogP contribution in [0.25, 0.3) is 11.0 Å². The fourth-order valence-corrected chi connectivity index (χ4v) is 4.39. The Hall–Kier alpha value is -2.44. The number of pyridine rings is 1. The molecule has 0 radical (unpaired) electrons. The van der Waals surface area contributed by atoms with Crippen molar-refractivity contribution in [1.82, 2.24) is 19.4 Å². The summed E-state index contributed by atoms with van der Waals surface area (Å²) < 4.78 is 2.25. The number of aromatic nitrogens is 3. The highest BCUT2D eigenvalue weighted by Crippen LogP contribution is 2.27. The lowest BCUT2D eigenvalue weighted by Gasteiger charge is -2.31. The largest absolute Gasteiger partial charge is 0.506 e. The SMILES string of the molecule is Cc1ccc(O)c(Cn2c(CC3CCN(CCN)CC3)nc3c(C)cccc32)n1. The fourth-order valence-electron chi connectivity index (χ4n) is 4.39. The van der Waals surface area contributed by atoms with Crippen molar-refractivity contribution in [2.75, 3.05) is 26.2 Å². The van der Waals surface area contributed by atoms with Crippen LogP contribution >= 0.6 is 0 Å². The Morgan fingerprint density at radius 2 is 1.90 bits per heavy atom. The average Bonchev–Trinajstić information content (AvgIpc) is 3.05. The van der Waals surface area contributed by atoms with Crippen LogP contribution in [0.15, 0.2) is 30.3 Å². The molecule has 0 saturated carbocycles. The maximum absolute atomic E-state index is 10.3. The van der Waals surface area contributed by atoms with E-state index in [0.717, 1.165) is 55.2 Å². The molecule has 3 aromatic rings. The van der Waals surface area contributed by atoms with Crippen LogP contribution in [0.5, 0.6) is 5.75 Å². The number of nitrogens with zero attached hydrogens (tertiary/aromatic N) is 4. The summed E-state index contributed by atoms with van der Waals surface area (Å²) in [5.41, 5.74) is 10.7. The Morgan fingerprint density at radius 1 is 1.10 bits per heavy atom. The van der Waals surface area contributed by atoms with E-state index in [0.29, 0.717) is 18.2 Å². The molecule has 0 bridgehead atoms. The van der Waals surface area contributed by atoms with E-state index in [1.165, 1.54) is 18.4 Å². The van der Waals surface area contributed by atoms with Gasteiger partial charge in [0.15, 0.2) is 0 Å². The third-order valence-corrected chi connectivity index (χ3v) is 6.08. The summed E-state index contributed by atoms with van der Waals surface area (Å²) in [7, 11) is 0. The molecule has 2 aromatic heterocycles. The number of hydrogen-bond acceptors (Lipinski definition) is 5. The lowest BCUT2D eigenvalue weighted by Crippen LogP contribution is -2.37. The number of aryl methyl sites for hydroxylation is 2. The van der Waals surface area contributed by atoms with Crippen LogP contribution in [0.2, 0.25) is 0 Å². The first-order chi connectivity index (χ1) is 14.0. The van der Waals surface area contributed by atoms with Crippen LogP contribution in [0.1, 0.15) is 35.6 Å². The Balaban J connectivity index is 1.64. The van der Waals surface area contributed by atoms with Crippen molar-refractivity contribution >= 4 is 11.0 Å². The Labute approximate surface area is 172 Å². The zero-order chi connectivity index (χ0) is 20.4. The van der Waals surface area contributed by atoms with Crippen molar-refractivity contribution in [2.45, 2.75) is 39.7 Å². The number of nitrogens with two attached hydrogens (primary N) is 1. The molecule has 1 saturated heterocycles. The molecule has 1 aliphatic rings. The van der Waals surface area contributed by atoms with Crippen LogP contribution in [0.4, 0.5) is 0 Å². The van der Waals surface area contributed by atoms with E-state index in [-0.39, 0.29) is 5.75 Å². The van der Waals surface area contributed by atoms with Crippen LogP contribution in [-0.2, 0) is 13.0 Å². The standard InChI is InChI=1S/C23H31N5O/c1-16-4-3-5-20-23(16)26-22(14-18-8-11-27(12-9-18)13-10-24)28(20)15-19-21(29)7-6-17(2)25-19/h3-7,18,29H,8-15,24H2,1-2H3. The summed E-state index contributed by atoms with van der Waals surface area (Å²) in [6.45, 7) is 8.54. The number of benzene rings is 1. The van der Waals surface area contributed by atoms with Crippen LogP contribution in [0.3, 0.4) is 0 Å². The number of fused-ring (bicyclic) bond motifs is 1. The maximum atomic E-state index is 10.3. The van der Waals surface area contributed by atoms with E-state index in [9.17, 15) is 5.11 Å². The third kappa shape index (κ3) is 4.28. The zero-order valence-electron chi connectivity index (χ0n) is 17.4. The Bertz CT molecular complexity index is 988. The topological polar surface area (TPSA) is 80.2 Å². The number of aromatic hydroxyl groups is 1. The molecule has 4 rings (SSSR count). The Morgan fingerprint density at radius 3 is 2.66 bits per heavy atom. The molecule has 0 amide bonds. The summed E-state index contributed by atoms with van der Waals surface area (Å²) in [6.07, 6.45) is 3.31. The van der Waals surface area contributed by atoms with Gasteiger partial charge in [-0.15, -0.1) is 0 Å². The minimum absolute atomic E-state index is 0.242. The predicted octanol–water partition coefficient (Wildman–Crippen LogP) is 3.02. The number of imidazole rings is 1. The normalized spacial score (nSPS) is 16.0. The van der Waals surface area contributed by atoms with Crippen molar-refractivity contribution in [3.8, 4) is 5.75 Å². The molecule has 0 aliphatic carbocycles. The van der Waals surface area contributed by atoms with Gasteiger partial charge in [-0.3, -0.25) is 4.98 Å². The third-order valence-electron chi connectivity index (χ3n) is 6.08. The molecule has 29 heavy (non-hydrogen) atoms. The summed E-state index contributed by atoms with van der Waals surface area (Å²) in [6, 6.07) is 9.88. The zero-order valence-corrected chi connectivity index (χ0v) is 17.4. The molecule has 0 unspecified atom stereocenters. The summed E-state index contributed by atoms with van der Waals surface area (Å²) in [5.74, 6) is 1.96. The average molecular weight is 394 g/mol. The van der Waals surface area contributed by atoms with Gasteiger partial charge in [-0.1, -0.05) is 12.1 Å². The van der Waals surface area contributed by atoms with Crippen molar-refractivity contribution in [1.29, 1.82) is 0 Å². The molecule has 1 aromatic carbocycles. The number of rotatable bonds is 6. The van der Waals surface area contributed by atoms with E-state index in [1.807, 2.05) is 13.0 Å². The summed E-state index contributed by atoms with van der Waals surface area (Å²) >= 11 is 0. The highest BCUT2D eigenvalue weighted by atomic mass is 16.3. The monoisotopic (exact) mass is 393 g/mol. The van der Waals surface area contributed by atoms with E-state index in [1.54, 1.807) is 6.07 Å². The van der Waals surface area contributed by atoms with E-state index < -0.39 is 0 Å². The predicted molar refractivity (Wildman–Crippen MR) is 116 cm³/mol. The van der Waals surface area contributed by atoms with Gasteiger partial charge in [0.25, 0.3) is 0 Å². The van der Waals surface area contributed by atoms with Gasteiger partial charge in [0.05, 0.1) is 17.6 Å². The molecular formula is C23H31N5O. The molecule has 6 nitrogen and oxygen atoms in total. The van der Waals surface area contributed by atoms with Crippen LogP contribution < -0.4 is 5.73 Å². The molecule has 0 atom stereocenters. The first kappa shape index (κ1) is 19.9. The fraction of sp³-hybridized carbons (Fsp3) is 0.478. The molecular weight excluding hydrogens is 362 g/mol. The second kappa shape index (κ2) is 8.51. The molecule has 3 N–H and O–H groups in total. The van der Waals surface area contributed by atoms with E-state index >= 15 is 0 Å². The van der Waals surface area contributed by atoms with Gasteiger partial charge in [0, 0.05) is 25.2 Å². The minimum Gasteiger partial charge on any atom is -0.506 e. The van der Waals surface area contributed by atoms with Gasteiger partial charge in [0.1, 0.15) is 17.3 Å². The number of para-hydroxylation sites is 1. The first-order valence-corrected chi connectivity index (χ1v) is 10.6. The van der Waals surface area contributed by atoms with Gasteiger partial charge >= 0.3 is 0 Å². The summed E-state index contributed by atoms with van der Waals surface area (Å²) in [4.78, 5) is 12.1. The van der Waals surface area contributed by atoms with E-state index in [2.05, 4.69) is 39.6 Å². The molecule has 154 valence electrons. The first-order valence-electron chi connectivity index (χ1n) is 10.6. The highest BCUT2D eigenvalue weighted by Gasteiger charge is 2.22. The van der Waals surface area contributed by atoms with Gasteiger partial charge in [-0.05, 0) is 69.5 Å². The van der Waals surface area contributed by atoms with Crippen molar-refractivity contribution in [3.63, 3.8) is 0 Å². The van der Waals surface area contributed by atoms with Crippen molar-refractivity contribution in [2.24, 2.45) is 11.7 Å². The van der Waals surface area contributed by atoms with Crippen LogP contribution in [0, 0.1) is 19.8 Å². The number of piperidine rings is 1. The second-order valence-corrected chi connectivity index (χ2v) is 8.25. The second-order valence-electron chi connectivity index (χ2n) is 8.25. The lowest BCUT2D eigenvalue weighted by atomic mass is 9.93.